The van der Waals surface area contributed by atoms with Crippen molar-refractivity contribution in [2.45, 2.75) is 6.92 Å². The molecule has 0 aromatic carbocycles. The summed E-state index contributed by atoms with van der Waals surface area (Å²) in [6.45, 7) is 7.30. The number of ether oxygens (including phenoxy) is 2. The number of amides is 1. The molecule has 2 aromatic heterocycles. The standard InChI is InChI=1S/C17H22N8O3/c1-12-13(10-18-15(20-12)19-11-26)14-21-16(24-2-6-27-7-3-24)23-17(22-14)25-4-8-28-9-5-25/h10-11H,2-9H2,1H3,(H,18,19,20,26). The monoisotopic (exact) mass is 386 g/mol. The Kier molecular flexibility index (Phi) is 5.53. The van der Waals surface area contributed by atoms with Gasteiger partial charge in [0.2, 0.25) is 24.3 Å². The van der Waals surface area contributed by atoms with Crippen LogP contribution in [0, 0.1) is 6.92 Å². The molecule has 2 fully saturated rings. The molecule has 11 nitrogen and oxygen atoms in total. The number of carbonyl (C=O) groups is 1. The van der Waals surface area contributed by atoms with Crippen molar-refractivity contribution in [2.24, 2.45) is 0 Å². The van der Waals surface area contributed by atoms with Crippen LogP contribution in [0.3, 0.4) is 0 Å². The second-order valence-corrected chi connectivity index (χ2v) is 6.41. The first-order chi connectivity index (χ1) is 13.7. The zero-order valence-electron chi connectivity index (χ0n) is 15.7. The Morgan fingerprint density at radius 3 is 2.00 bits per heavy atom. The van der Waals surface area contributed by atoms with Gasteiger partial charge in [0.15, 0.2) is 5.82 Å². The molecule has 0 saturated carbocycles. The highest BCUT2D eigenvalue weighted by Gasteiger charge is 2.22. The number of hydrogen-bond donors (Lipinski definition) is 1. The van der Waals surface area contributed by atoms with Gasteiger partial charge in [0.05, 0.1) is 37.7 Å². The van der Waals surface area contributed by atoms with Crippen LogP contribution < -0.4 is 15.1 Å². The summed E-state index contributed by atoms with van der Waals surface area (Å²) < 4.78 is 10.9. The van der Waals surface area contributed by atoms with E-state index in [1.807, 2.05) is 6.92 Å². The molecule has 2 saturated heterocycles. The van der Waals surface area contributed by atoms with Crippen LogP contribution in [-0.2, 0) is 14.3 Å². The van der Waals surface area contributed by atoms with Crippen molar-refractivity contribution in [3.05, 3.63) is 11.9 Å². The molecule has 0 bridgehead atoms. The molecule has 0 aliphatic carbocycles. The molecule has 0 atom stereocenters. The predicted molar refractivity (Wildman–Crippen MR) is 101 cm³/mol. The molecule has 2 aromatic rings. The lowest BCUT2D eigenvalue weighted by Crippen LogP contribution is -2.40. The summed E-state index contributed by atoms with van der Waals surface area (Å²) in [6, 6.07) is 0. The smallest absolute Gasteiger partial charge is 0.230 e. The topological polar surface area (TPSA) is 118 Å². The molecule has 4 heterocycles. The van der Waals surface area contributed by atoms with Crippen molar-refractivity contribution in [1.82, 2.24) is 24.9 Å². The number of anilines is 3. The van der Waals surface area contributed by atoms with E-state index in [1.165, 1.54) is 0 Å². The fraction of sp³-hybridized carbons (Fsp3) is 0.529. The minimum Gasteiger partial charge on any atom is -0.378 e. The third-order valence-electron chi connectivity index (χ3n) is 4.61. The molecule has 11 heteroatoms. The molecule has 0 unspecified atom stereocenters. The van der Waals surface area contributed by atoms with Crippen molar-refractivity contribution in [3.63, 3.8) is 0 Å². The maximum Gasteiger partial charge on any atom is 0.230 e. The van der Waals surface area contributed by atoms with E-state index in [2.05, 4.69) is 35.1 Å². The zero-order chi connectivity index (χ0) is 19.3. The molecule has 0 radical (unpaired) electrons. The third kappa shape index (κ3) is 3.99. The van der Waals surface area contributed by atoms with Crippen LogP contribution in [0.4, 0.5) is 17.8 Å². The second kappa shape index (κ2) is 8.40. The maximum atomic E-state index is 10.6. The second-order valence-electron chi connectivity index (χ2n) is 6.41. The van der Waals surface area contributed by atoms with Gasteiger partial charge in [-0.1, -0.05) is 0 Å². The Morgan fingerprint density at radius 1 is 0.929 bits per heavy atom. The van der Waals surface area contributed by atoms with E-state index in [9.17, 15) is 4.79 Å². The number of carbonyl (C=O) groups excluding carboxylic acids is 1. The van der Waals surface area contributed by atoms with E-state index >= 15 is 0 Å². The molecule has 2 aliphatic rings. The molecule has 2 aliphatic heterocycles. The summed E-state index contributed by atoms with van der Waals surface area (Å²) in [7, 11) is 0. The van der Waals surface area contributed by atoms with Crippen LogP contribution in [0.5, 0.6) is 0 Å². The Balaban J connectivity index is 1.73. The lowest BCUT2D eigenvalue weighted by molar-refractivity contribution is -0.105. The largest absolute Gasteiger partial charge is 0.378 e. The first kappa shape index (κ1) is 18.4. The van der Waals surface area contributed by atoms with Gasteiger partial charge in [-0.3, -0.25) is 10.1 Å². The van der Waals surface area contributed by atoms with E-state index in [-0.39, 0.29) is 5.95 Å². The van der Waals surface area contributed by atoms with Gasteiger partial charge in [0, 0.05) is 32.4 Å². The van der Waals surface area contributed by atoms with Crippen molar-refractivity contribution in [3.8, 4) is 11.4 Å². The molecule has 148 valence electrons. The van der Waals surface area contributed by atoms with Gasteiger partial charge in [0.25, 0.3) is 0 Å². The Bertz CT molecular complexity index is 801. The minimum atomic E-state index is 0.243. The van der Waals surface area contributed by atoms with Gasteiger partial charge in [-0.05, 0) is 6.92 Å². The van der Waals surface area contributed by atoms with Gasteiger partial charge < -0.3 is 19.3 Å². The van der Waals surface area contributed by atoms with Gasteiger partial charge >= 0.3 is 0 Å². The summed E-state index contributed by atoms with van der Waals surface area (Å²) in [5, 5.41) is 2.45. The van der Waals surface area contributed by atoms with Crippen LogP contribution in [-0.4, -0.2) is 83.9 Å². The minimum absolute atomic E-state index is 0.243. The summed E-state index contributed by atoms with van der Waals surface area (Å²) in [6.07, 6.45) is 2.17. The van der Waals surface area contributed by atoms with Gasteiger partial charge in [-0.25, -0.2) is 9.97 Å². The van der Waals surface area contributed by atoms with E-state index in [4.69, 9.17) is 14.5 Å². The lowest BCUT2D eigenvalue weighted by Gasteiger charge is -2.30. The van der Waals surface area contributed by atoms with Crippen LogP contribution in [0.1, 0.15) is 5.69 Å². The first-order valence-electron chi connectivity index (χ1n) is 9.20. The Labute approximate surface area is 162 Å². The third-order valence-corrected chi connectivity index (χ3v) is 4.61. The molecule has 0 spiro atoms. The number of hydrogen-bond acceptors (Lipinski definition) is 10. The summed E-state index contributed by atoms with van der Waals surface area (Å²) in [5.74, 6) is 1.98. The molecule has 28 heavy (non-hydrogen) atoms. The number of aromatic nitrogens is 5. The van der Waals surface area contributed by atoms with Crippen molar-refractivity contribution in [1.29, 1.82) is 0 Å². The summed E-state index contributed by atoms with van der Waals surface area (Å²) in [5.41, 5.74) is 1.37. The molecular weight excluding hydrogens is 364 g/mol. The number of aryl methyl sites for hydroxylation is 1. The van der Waals surface area contributed by atoms with E-state index in [1.54, 1.807) is 6.20 Å². The lowest BCUT2D eigenvalue weighted by atomic mass is 10.2. The van der Waals surface area contributed by atoms with Crippen molar-refractivity contribution in [2.75, 3.05) is 67.7 Å². The number of morpholine rings is 2. The Hall–Kier alpha value is -2.92. The highest BCUT2D eigenvalue weighted by Crippen LogP contribution is 2.24. The van der Waals surface area contributed by atoms with E-state index < -0.39 is 0 Å². The van der Waals surface area contributed by atoms with Gasteiger partial charge in [-0.15, -0.1) is 0 Å². The van der Waals surface area contributed by atoms with Gasteiger partial charge in [-0.2, -0.15) is 15.0 Å². The van der Waals surface area contributed by atoms with E-state index in [0.717, 1.165) is 26.2 Å². The van der Waals surface area contributed by atoms with Crippen molar-refractivity contribution >= 4 is 24.3 Å². The maximum absolute atomic E-state index is 10.6. The average molecular weight is 386 g/mol. The normalized spacial score (nSPS) is 17.5. The fourth-order valence-electron chi connectivity index (χ4n) is 3.09. The average Bonchev–Trinajstić information content (AvgIpc) is 2.75. The van der Waals surface area contributed by atoms with Crippen molar-refractivity contribution < 1.29 is 14.3 Å². The molecule has 4 rings (SSSR count). The summed E-state index contributed by atoms with van der Waals surface area (Å²) >= 11 is 0. The summed E-state index contributed by atoms with van der Waals surface area (Å²) in [4.78, 5) is 37.3. The molecular formula is C17H22N8O3. The van der Waals surface area contributed by atoms with Crippen LogP contribution in [0.25, 0.3) is 11.4 Å². The SMILES string of the molecule is Cc1nc(NC=O)ncc1-c1nc(N2CCOCC2)nc(N2CCOCC2)n1. The molecule has 1 N–H and O–H groups in total. The van der Waals surface area contributed by atoms with Crippen LogP contribution in [0.2, 0.25) is 0 Å². The Morgan fingerprint density at radius 2 is 1.50 bits per heavy atom. The predicted octanol–water partition coefficient (Wildman–Crippen LogP) is -0.121. The quantitative estimate of drug-likeness (QED) is 0.697. The highest BCUT2D eigenvalue weighted by molar-refractivity contribution is 5.68. The zero-order valence-corrected chi connectivity index (χ0v) is 15.7. The van der Waals surface area contributed by atoms with Crippen LogP contribution >= 0.6 is 0 Å². The van der Waals surface area contributed by atoms with Gasteiger partial charge in [0.1, 0.15) is 0 Å². The fourth-order valence-corrected chi connectivity index (χ4v) is 3.09. The highest BCUT2D eigenvalue weighted by atomic mass is 16.5. The van der Waals surface area contributed by atoms with E-state index in [0.29, 0.717) is 61.8 Å². The van der Waals surface area contributed by atoms with Crippen LogP contribution in [0.15, 0.2) is 6.20 Å². The number of rotatable bonds is 5. The number of nitrogens with one attached hydrogen (secondary N) is 1. The first-order valence-corrected chi connectivity index (χ1v) is 9.20. The number of nitrogens with zero attached hydrogens (tertiary/aromatic N) is 7. The molecule has 1 amide bonds.